The van der Waals surface area contributed by atoms with Crippen LogP contribution in [-0.4, -0.2) is 43.7 Å². The molecule has 2 rings (SSSR count). The summed E-state index contributed by atoms with van der Waals surface area (Å²) in [5.74, 6) is 0. The first kappa shape index (κ1) is 11.1. The Kier molecular flexibility index (Phi) is 3.44. The van der Waals surface area contributed by atoms with E-state index in [1.807, 2.05) is 0 Å². The molecule has 15 heavy (non-hydrogen) atoms. The van der Waals surface area contributed by atoms with Gasteiger partial charge >= 0.3 is 0 Å². The highest BCUT2D eigenvalue weighted by Crippen LogP contribution is 2.26. The molecule has 0 atom stereocenters. The standard InChI is InChI=1S/C12H22N2Si/c1-3-15(4-2,13-9-5-6-10-13)14-11-7-8-12-14/h3-4H,1-2,5-12H2. The van der Waals surface area contributed by atoms with Crippen molar-refractivity contribution in [2.24, 2.45) is 0 Å². The van der Waals surface area contributed by atoms with Crippen LogP contribution in [0.25, 0.3) is 0 Å². The van der Waals surface area contributed by atoms with Crippen LogP contribution < -0.4 is 0 Å². The Morgan fingerprint density at radius 2 is 1.07 bits per heavy atom. The van der Waals surface area contributed by atoms with Crippen LogP contribution in [0.1, 0.15) is 25.7 Å². The average Bonchev–Trinajstić information content (AvgIpc) is 2.92. The van der Waals surface area contributed by atoms with E-state index in [1.165, 1.54) is 51.9 Å². The van der Waals surface area contributed by atoms with E-state index in [9.17, 15) is 0 Å². The molecule has 84 valence electrons. The third-order valence-electron chi connectivity index (χ3n) is 3.83. The van der Waals surface area contributed by atoms with E-state index in [1.54, 1.807) is 0 Å². The first-order valence-electron chi connectivity index (χ1n) is 6.11. The quantitative estimate of drug-likeness (QED) is 0.672. The van der Waals surface area contributed by atoms with Gasteiger partial charge in [0.25, 0.3) is 8.40 Å². The minimum absolute atomic E-state index is 1.25. The molecule has 0 amide bonds. The molecule has 0 aromatic heterocycles. The molecule has 2 saturated heterocycles. The van der Waals surface area contributed by atoms with Crippen molar-refractivity contribution in [1.29, 1.82) is 0 Å². The van der Waals surface area contributed by atoms with E-state index in [4.69, 9.17) is 0 Å². The molecule has 2 nitrogen and oxygen atoms in total. The van der Waals surface area contributed by atoms with Gasteiger partial charge in [-0.3, -0.25) is 0 Å². The number of rotatable bonds is 4. The third kappa shape index (κ3) is 1.84. The fraction of sp³-hybridized carbons (Fsp3) is 0.667. The molecule has 0 N–H and O–H groups in total. The maximum absolute atomic E-state index is 4.10. The topological polar surface area (TPSA) is 6.48 Å². The van der Waals surface area contributed by atoms with E-state index in [2.05, 4.69) is 33.7 Å². The highest BCUT2D eigenvalue weighted by Gasteiger charge is 2.42. The fourth-order valence-corrected chi connectivity index (χ4v) is 6.62. The van der Waals surface area contributed by atoms with Crippen molar-refractivity contribution < 1.29 is 0 Å². The molecule has 2 fully saturated rings. The van der Waals surface area contributed by atoms with Gasteiger partial charge in [0, 0.05) is 0 Å². The smallest absolute Gasteiger partial charge is 0.256 e. The average molecular weight is 222 g/mol. The monoisotopic (exact) mass is 222 g/mol. The maximum atomic E-state index is 4.10. The van der Waals surface area contributed by atoms with E-state index in [-0.39, 0.29) is 0 Å². The van der Waals surface area contributed by atoms with Gasteiger partial charge in [-0.2, -0.15) is 0 Å². The summed E-state index contributed by atoms with van der Waals surface area (Å²) < 4.78 is 5.33. The van der Waals surface area contributed by atoms with Crippen molar-refractivity contribution in [3.8, 4) is 0 Å². The number of hydrogen-bond donors (Lipinski definition) is 0. The van der Waals surface area contributed by atoms with Crippen molar-refractivity contribution in [1.82, 2.24) is 9.13 Å². The normalized spacial score (nSPS) is 24.5. The predicted octanol–water partition coefficient (Wildman–Crippen LogP) is 2.07. The molecule has 2 aliphatic rings. The summed E-state index contributed by atoms with van der Waals surface area (Å²) in [5, 5.41) is 0. The lowest BCUT2D eigenvalue weighted by molar-refractivity contribution is 0.417. The third-order valence-corrected chi connectivity index (χ3v) is 7.95. The van der Waals surface area contributed by atoms with Crippen LogP contribution >= 0.6 is 0 Å². The van der Waals surface area contributed by atoms with Crippen molar-refractivity contribution in [3.63, 3.8) is 0 Å². The second-order valence-corrected chi connectivity index (χ2v) is 8.23. The van der Waals surface area contributed by atoms with Crippen molar-refractivity contribution in [3.05, 3.63) is 24.6 Å². The Bertz CT molecular complexity index is 214. The first-order chi connectivity index (χ1) is 7.33. The van der Waals surface area contributed by atoms with Crippen molar-refractivity contribution in [2.75, 3.05) is 26.2 Å². The van der Waals surface area contributed by atoms with Gasteiger partial charge in [-0.05, 0) is 51.9 Å². The minimum atomic E-state index is -1.68. The molecule has 0 aliphatic carbocycles. The zero-order valence-electron chi connectivity index (χ0n) is 9.62. The van der Waals surface area contributed by atoms with Crippen molar-refractivity contribution >= 4 is 8.40 Å². The van der Waals surface area contributed by atoms with Crippen LogP contribution in [-0.2, 0) is 0 Å². The molecule has 0 spiro atoms. The number of hydrogen-bond acceptors (Lipinski definition) is 2. The van der Waals surface area contributed by atoms with E-state index >= 15 is 0 Å². The minimum Gasteiger partial charge on any atom is -0.305 e. The molecule has 2 aliphatic heterocycles. The zero-order chi connectivity index (χ0) is 10.7. The maximum Gasteiger partial charge on any atom is 0.256 e. The predicted molar refractivity (Wildman–Crippen MR) is 67.8 cm³/mol. The van der Waals surface area contributed by atoms with Crippen LogP contribution in [0.15, 0.2) is 24.6 Å². The Morgan fingerprint density at radius 3 is 1.33 bits per heavy atom. The molecule has 0 unspecified atom stereocenters. The summed E-state index contributed by atoms with van der Waals surface area (Å²) in [4.78, 5) is 0. The largest absolute Gasteiger partial charge is 0.305 e. The first-order valence-corrected chi connectivity index (χ1v) is 8.16. The summed E-state index contributed by atoms with van der Waals surface area (Å²) in [6, 6.07) is 0. The van der Waals surface area contributed by atoms with Gasteiger partial charge < -0.3 is 9.13 Å². The Balaban J connectivity index is 2.20. The van der Waals surface area contributed by atoms with Crippen LogP contribution in [0.3, 0.4) is 0 Å². The molecular formula is C12H22N2Si. The Labute approximate surface area is 94.4 Å². The van der Waals surface area contributed by atoms with Gasteiger partial charge in [-0.25, -0.2) is 0 Å². The Morgan fingerprint density at radius 1 is 0.733 bits per heavy atom. The van der Waals surface area contributed by atoms with E-state index < -0.39 is 8.40 Å². The molecular weight excluding hydrogens is 200 g/mol. The van der Waals surface area contributed by atoms with Crippen LogP contribution in [0.2, 0.25) is 0 Å². The molecule has 0 radical (unpaired) electrons. The van der Waals surface area contributed by atoms with Crippen molar-refractivity contribution in [2.45, 2.75) is 25.7 Å². The lowest BCUT2D eigenvalue weighted by Crippen LogP contribution is -2.62. The second-order valence-electron chi connectivity index (χ2n) is 4.58. The van der Waals surface area contributed by atoms with Gasteiger partial charge in [0.2, 0.25) is 0 Å². The molecule has 3 heteroatoms. The second kappa shape index (κ2) is 4.64. The van der Waals surface area contributed by atoms with Gasteiger partial charge in [0.1, 0.15) is 0 Å². The van der Waals surface area contributed by atoms with Crippen LogP contribution in [0.5, 0.6) is 0 Å². The van der Waals surface area contributed by atoms with E-state index in [0.717, 1.165) is 0 Å². The summed E-state index contributed by atoms with van der Waals surface area (Å²) in [7, 11) is -1.68. The molecule has 0 saturated carbocycles. The molecule has 0 bridgehead atoms. The zero-order valence-corrected chi connectivity index (χ0v) is 10.6. The molecule has 0 aromatic carbocycles. The highest BCUT2D eigenvalue weighted by atomic mass is 28.3. The summed E-state index contributed by atoms with van der Waals surface area (Å²) in [6.07, 6.45) is 5.41. The number of nitrogens with zero attached hydrogens (tertiary/aromatic N) is 2. The lowest BCUT2D eigenvalue weighted by Gasteiger charge is -2.41. The summed E-state index contributed by atoms with van der Waals surface area (Å²) >= 11 is 0. The molecule has 2 heterocycles. The van der Waals surface area contributed by atoms with Gasteiger partial charge in [-0.15, -0.1) is 13.2 Å². The van der Waals surface area contributed by atoms with E-state index in [0.29, 0.717) is 0 Å². The lowest BCUT2D eigenvalue weighted by atomic mass is 10.4. The van der Waals surface area contributed by atoms with Crippen LogP contribution in [0.4, 0.5) is 0 Å². The Hall–Kier alpha value is -0.383. The van der Waals surface area contributed by atoms with Gasteiger partial charge in [-0.1, -0.05) is 11.4 Å². The van der Waals surface area contributed by atoms with Gasteiger partial charge in [0.15, 0.2) is 0 Å². The SMILES string of the molecule is C=C[Si](C=C)(N1CCCC1)N1CCCC1. The summed E-state index contributed by atoms with van der Waals surface area (Å²) in [5.41, 5.74) is 4.44. The highest BCUT2D eigenvalue weighted by molar-refractivity contribution is 6.84. The molecule has 0 aromatic rings. The van der Waals surface area contributed by atoms with Gasteiger partial charge in [0.05, 0.1) is 0 Å². The summed E-state index contributed by atoms with van der Waals surface area (Å²) in [6.45, 7) is 13.2. The fourth-order valence-electron chi connectivity index (χ4n) is 2.95. The van der Waals surface area contributed by atoms with Crippen LogP contribution in [0, 0.1) is 0 Å².